The zero-order valence-electron chi connectivity index (χ0n) is 11.1. The number of rotatable bonds is 6. The fourth-order valence-corrected chi connectivity index (χ4v) is 2.14. The van der Waals surface area contributed by atoms with E-state index in [1.165, 1.54) is 0 Å². The van der Waals surface area contributed by atoms with Gasteiger partial charge in [-0.25, -0.2) is 0 Å². The van der Waals surface area contributed by atoms with Crippen molar-refractivity contribution >= 4 is 11.6 Å². The summed E-state index contributed by atoms with van der Waals surface area (Å²) in [7, 11) is 0. The van der Waals surface area contributed by atoms with Crippen molar-refractivity contribution in [1.29, 1.82) is 0 Å². The van der Waals surface area contributed by atoms with Crippen molar-refractivity contribution < 1.29 is 9.59 Å². The molecule has 0 bridgehead atoms. The van der Waals surface area contributed by atoms with E-state index in [0.717, 1.165) is 29.7 Å². The average molecular weight is 235 g/mol. The van der Waals surface area contributed by atoms with Gasteiger partial charge in [-0.05, 0) is 18.4 Å². The predicted molar refractivity (Wildman–Crippen MR) is 68.8 cm³/mol. The molecule has 3 nitrogen and oxygen atoms in total. The molecule has 0 aromatic carbocycles. The van der Waals surface area contributed by atoms with Crippen molar-refractivity contribution in [1.82, 2.24) is 4.98 Å². The predicted octanol–water partition coefficient (Wildman–Crippen LogP) is 3.32. The second-order valence-corrected chi connectivity index (χ2v) is 4.09. The van der Waals surface area contributed by atoms with Crippen LogP contribution in [0.4, 0.5) is 0 Å². The molecule has 0 fully saturated rings. The Labute approximate surface area is 103 Å². The summed E-state index contributed by atoms with van der Waals surface area (Å²) in [4.78, 5) is 27.0. The molecule has 1 aromatic rings. The normalized spacial score (nSPS) is 10.6. The van der Waals surface area contributed by atoms with Gasteiger partial charge in [0.15, 0.2) is 11.6 Å². The van der Waals surface area contributed by atoms with Gasteiger partial charge >= 0.3 is 0 Å². The molecule has 0 radical (unpaired) electrons. The van der Waals surface area contributed by atoms with Gasteiger partial charge in [-0.2, -0.15) is 0 Å². The number of Topliss-reactive ketones (excluding diaryl/α,β-unsaturated/α-hetero) is 2. The van der Waals surface area contributed by atoms with Gasteiger partial charge in [-0.1, -0.05) is 27.7 Å². The van der Waals surface area contributed by atoms with Crippen molar-refractivity contribution in [2.24, 2.45) is 0 Å². The molecule has 0 unspecified atom stereocenters. The summed E-state index contributed by atoms with van der Waals surface area (Å²) in [5.74, 6) is 0.219. The third kappa shape index (κ3) is 2.48. The molecule has 1 heterocycles. The lowest BCUT2D eigenvalue weighted by molar-refractivity contribution is 0.0981. The van der Waals surface area contributed by atoms with Crippen LogP contribution >= 0.6 is 0 Å². The summed E-state index contributed by atoms with van der Waals surface area (Å²) < 4.78 is 0. The van der Waals surface area contributed by atoms with Crippen LogP contribution in [0.5, 0.6) is 0 Å². The topological polar surface area (TPSA) is 49.9 Å². The Balaban J connectivity index is 3.40. The van der Waals surface area contributed by atoms with Gasteiger partial charge < -0.3 is 4.98 Å². The molecule has 3 heteroatoms. The smallest absolute Gasteiger partial charge is 0.179 e. The Kier molecular flexibility index (Phi) is 4.67. The molecule has 0 spiro atoms. The van der Waals surface area contributed by atoms with Gasteiger partial charge in [0.1, 0.15) is 0 Å². The Morgan fingerprint density at radius 1 is 0.941 bits per heavy atom. The van der Waals surface area contributed by atoms with E-state index in [9.17, 15) is 9.59 Å². The molecule has 1 N–H and O–H groups in total. The fraction of sp³-hybridized carbons (Fsp3) is 0.571. The van der Waals surface area contributed by atoms with Gasteiger partial charge in [0.25, 0.3) is 0 Å². The maximum absolute atomic E-state index is 12.0. The van der Waals surface area contributed by atoms with E-state index in [1.54, 1.807) is 0 Å². The molecule has 0 aliphatic rings. The van der Waals surface area contributed by atoms with Gasteiger partial charge in [0.05, 0.1) is 5.69 Å². The van der Waals surface area contributed by atoms with Crippen LogP contribution in [0.25, 0.3) is 0 Å². The molecule has 94 valence electrons. The Morgan fingerprint density at radius 3 is 1.94 bits per heavy atom. The molecule has 0 saturated heterocycles. The number of nitrogens with one attached hydrogen (secondary N) is 1. The maximum atomic E-state index is 12.0. The summed E-state index contributed by atoms with van der Waals surface area (Å²) in [6.07, 6.45) is 2.43. The zero-order valence-corrected chi connectivity index (χ0v) is 11.1. The number of carbonyl (C=O) groups excluding carboxylic acids is 2. The largest absolute Gasteiger partial charge is 0.355 e. The number of hydrogen-bond acceptors (Lipinski definition) is 2. The Hall–Kier alpha value is -1.38. The molecule has 0 aliphatic carbocycles. The van der Waals surface area contributed by atoms with E-state index in [-0.39, 0.29) is 11.6 Å². The summed E-state index contributed by atoms with van der Waals surface area (Å²) in [5.41, 5.74) is 3.21. The first-order chi connectivity index (χ1) is 8.10. The number of aryl methyl sites for hydroxylation is 1. The molecule has 1 rings (SSSR count). The third-order valence-electron chi connectivity index (χ3n) is 3.09. The van der Waals surface area contributed by atoms with Crippen molar-refractivity contribution in [3.05, 3.63) is 22.5 Å². The van der Waals surface area contributed by atoms with Crippen LogP contribution in [0.1, 0.15) is 72.6 Å². The van der Waals surface area contributed by atoms with Crippen LogP contribution in [-0.2, 0) is 12.8 Å². The Morgan fingerprint density at radius 2 is 1.53 bits per heavy atom. The SMILES string of the molecule is CCC(=O)c1[nH]c(CC)c(C(=O)CC)c1CC. The van der Waals surface area contributed by atoms with Crippen LogP contribution in [0.2, 0.25) is 0 Å². The first-order valence-corrected chi connectivity index (χ1v) is 6.40. The maximum Gasteiger partial charge on any atom is 0.179 e. The van der Waals surface area contributed by atoms with Crippen LogP contribution < -0.4 is 0 Å². The van der Waals surface area contributed by atoms with Crippen LogP contribution in [0.3, 0.4) is 0 Å². The zero-order chi connectivity index (χ0) is 13.0. The third-order valence-corrected chi connectivity index (χ3v) is 3.09. The Bertz CT molecular complexity index is 430. The van der Waals surface area contributed by atoms with Crippen LogP contribution in [0.15, 0.2) is 0 Å². The van der Waals surface area contributed by atoms with Gasteiger partial charge in [-0.15, -0.1) is 0 Å². The average Bonchev–Trinajstić information content (AvgIpc) is 2.75. The minimum atomic E-state index is 0.0895. The lowest BCUT2D eigenvalue weighted by Crippen LogP contribution is -2.05. The quantitative estimate of drug-likeness (QED) is 0.769. The molecular formula is C14H21NO2. The molecule has 17 heavy (non-hydrogen) atoms. The van der Waals surface area contributed by atoms with E-state index in [4.69, 9.17) is 0 Å². The van der Waals surface area contributed by atoms with Crippen molar-refractivity contribution in [2.45, 2.75) is 53.4 Å². The van der Waals surface area contributed by atoms with Gasteiger partial charge in [-0.3, -0.25) is 9.59 Å². The molecule has 1 aromatic heterocycles. The number of H-pyrrole nitrogens is 1. The molecule has 0 aliphatic heterocycles. The molecular weight excluding hydrogens is 214 g/mol. The van der Waals surface area contributed by atoms with E-state index >= 15 is 0 Å². The number of hydrogen-bond donors (Lipinski definition) is 1. The second kappa shape index (κ2) is 5.80. The fourth-order valence-electron chi connectivity index (χ4n) is 2.14. The highest BCUT2D eigenvalue weighted by Crippen LogP contribution is 2.23. The summed E-state index contributed by atoms with van der Waals surface area (Å²) in [6.45, 7) is 7.69. The van der Waals surface area contributed by atoms with E-state index in [0.29, 0.717) is 18.5 Å². The lowest BCUT2D eigenvalue weighted by Gasteiger charge is -2.03. The monoisotopic (exact) mass is 235 g/mol. The minimum absolute atomic E-state index is 0.0895. The van der Waals surface area contributed by atoms with Gasteiger partial charge in [0, 0.05) is 24.1 Å². The first kappa shape index (κ1) is 13.7. The van der Waals surface area contributed by atoms with Crippen LogP contribution in [0, 0.1) is 0 Å². The van der Waals surface area contributed by atoms with Crippen molar-refractivity contribution in [2.75, 3.05) is 0 Å². The number of ketones is 2. The standard InChI is InChI=1S/C14H21NO2/c1-5-9-13(11(16)7-3)10(6-2)15-14(9)12(17)8-4/h15H,5-8H2,1-4H3. The van der Waals surface area contributed by atoms with Gasteiger partial charge in [0.2, 0.25) is 0 Å². The molecule has 0 saturated carbocycles. The van der Waals surface area contributed by atoms with E-state index in [1.807, 2.05) is 27.7 Å². The summed E-state index contributed by atoms with van der Waals surface area (Å²) >= 11 is 0. The molecule has 0 atom stereocenters. The second-order valence-electron chi connectivity index (χ2n) is 4.09. The highest BCUT2D eigenvalue weighted by molar-refractivity contribution is 6.04. The minimum Gasteiger partial charge on any atom is -0.355 e. The van der Waals surface area contributed by atoms with Crippen LogP contribution in [-0.4, -0.2) is 16.6 Å². The highest BCUT2D eigenvalue weighted by Gasteiger charge is 2.22. The number of carbonyl (C=O) groups is 2. The van der Waals surface area contributed by atoms with Crippen molar-refractivity contribution in [3.63, 3.8) is 0 Å². The summed E-state index contributed by atoms with van der Waals surface area (Å²) in [5, 5.41) is 0. The van der Waals surface area contributed by atoms with E-state index in [2.05, 4.69) is 4.98 Å². The lowest BCUT2D eigenvalue weighted by atomic mass is 9.98. The number of aromatic amines is 1. The van der Waals surface area contributed by atoms with Crippen molar-refractivity contribution in [3.8, 4) is 0 Å². The summed E-state index contributed by atoms with van der Waals surface area (Å²) in [6, 6.07) is 0. The number of aromatic nitrogens is 1. The van der Waals surface area contributed by atoms with E-state index < -0.39 is 0 Å². The first-order valence-electron chi connectivity index (χ1n) is 6.40. The molecule has 0 amide bonds. The highest BCUT2D eigenvalue weighted by atomic mass is 16.1.